The summed E-state index contributed by atoms with van der Waals surface area (Å²) in [5.74, 6) is 1.31. The van der Waals surface area contributed by atoms with Gasteiger partial charge < -0.3 is 53.6 Å². The van der Waals surface area contributed by atoms with E-state index in [9.17, 15) is 25.2 Å². The molecule has 12 heteroatoms. The average molecular weight is 528 g/mol. The number of aliphatic hydroxyl groups is 4. The van der Waals surface area contributed by atoms with E-state index >= 15 is 0 Å². The zero-order valence-electron chi connectivity index (χ0n) is 20.2. The quantitative estimate of drug-likeness (QED) is 0.349. The number of methoxy groups -OCH3 is 2. The number of fused-ring (bicyclic) bond motifs is 3. The van der Waals surface area contributed by atoms with Crippen molar-refractivity contribution in [3.8, 4) is 39.9 Å². The Labute approximate surface area is 215 Å². The summed E-state index contributed by atoms with van der Waals surface area (Å²) in [5, 5.41) is 41.5. The van der Waals surface area contributed by atoms with Crippen LogP contribution in [0, 0.1) is 0 Å². The second-order valence-electron chi connectivity index (χ2n) is 8.94. The molecule has 0 saturated carbocycles. The van der Waals surface area contributed by atoms with E-state index in [1.807, 2.05) is 0 Å². The van der Waals surface area contributed by atoms with Crippen LogP contribution < -0.4 is 23.7 Å². The molecule has 1 fully saturated rings. The molecule has 12 nitrogen and oxygen atoms in total. The summed E-state index contributed by atoms with van der Waals surface area (Å²) in [4.78, 5) is 13.1. The van der Waals surface area contributed by atoms with Crippen LogP contribution in [0.5, 0.6) is 28.7 Å². The lowest BCUT2D eigenvalue weighted by Gasteiger charge is -2.38. The zero-order valence-corrected chi connectivity index (χ0v) is 20.2. The van der Waals surface area contributed by atoms with Crippen LogP contribution in [0.4, 0.5) is 0 Å². The number of aliphatic hydroxyl groups excluding tert-OH is 4. The Bertz CT molecular complexity index is 1440. The number of hydrogen-bond donors (Lipinski definition) is 4. The van der Waals surface area contributed by atoms with Gasteiger partial charge in [-0.05, 0) is 35.2 Å². The average Bonchev–Trinajstić information content (AvgIpc) is 3.55. The minimum absolute atomic E-state index is 0.0770. The first-order valence-electron chi connectivity index (χ1n) is 11.7. The van der Waals surface area contributed by atoms with Crippen LogP contribution in [0.3, 0.4) is 0 Å². The molecule has 1 saturated heterocycles. The molecule has 3 aliphatic heterocycles. The van der Waals surface area contributed by atoms with Crippen molar-refractivity contribution < 1.29 is 58.4 Å². The summed E-state index contributed by atoms with van der Waals surface area (Å²) >= 11 is 0. The maximum Gasteiger partial charge on any atom is 0.339 e. The Kier molecular flexibility index (Phi) is 5.93. The van der Waals surface area contributed by atoms with E-state index in [0.717, 1.165) is 0 Å². The molecule has 0 bridgehead atoms. The summed E-state index contributed by atoms with van der Waals surface area (Å²) in [7, 11) is 2.94. The van der Waals surface area contributed by atoms with Crippen LogP contribution in [0.1, 0.15) is 15.9 Å². The van der Waals surface area contributed by atoms with Crippen LogP contribution in [-0.2, 0) is 16.1 Å². The van der Waals surface area contributed by atoms with Gasteiger partial charge >= 0.3 is 5.97 Å². The van der Waals surface area contributed by atoms with Crippen molar-refractivity contribution in [2.24, 2.45) is 0 Å². The van der Waals surface area contributed by atoms with Gasteiger partial charge in [0, 0.05) is 16.5 Å². The SMILES string of the molecule is COc1cc2c(O[C@@H]3O[C@H](O)[C@@H](O)[C@H](O)[C@H]3O)c3c(c(-c4ccc5c(c4)OCO5)c2cc1OC)C(=O)OC3. The maximum absolute atomic E-state index is 13.1. The van der Waals surface area contributed by atoms with Gasteiger partial charge in [0.1, 0.15) is 30.7 Å². The van der Waals surface area contributed by atoms with Crippen LogP contribution in [0.2, 0.25) is 0 Å². The molecule has 0 amide bonds. The summed E-state index contributed by atoms with van der Waals surface area (Å²) in [6.07, 6.45) is -8.61. The molecular formula is C26H24O12. The van der Waals surface area contributed by atoms with Crippen molar-refractivity contribution in [3.63, 3.8) is 0 Å². The first-order chi connectivity index (χ1) is 18.3. The van der Waals surface area contributed by atoms with Gasteiger partial charge in [0.05, 0.1) is 19.8 Å². The molecule has 0 spiro atoms. The standard InChI is InChI=1S/C26H24O12/c1-32-15-6-11-12(7-16(15)33-2)23(37-26-22(29)20(27)21(28)25(31)38-26)13-8-34-24(30)19(13)18(11)10-3-4-14-17(5-10)36-9-35-14/h3-7,20-22,25-29,31H,8-9H2,1-2H3/t20-,21-,22+,25-,26+/m0/s1. The predicted molar refractivity (Wildman–Crippen MR) is 127 cm³/mol. The van der Waals surface area contributed by atoms with Gasteiger partial charge in [0.15, 0.2) is 29.3 Å². The highest BCUT2D eigenvalue weighted by Crippen LogP contribution is 2.49. The highest BCUT2D eigenvalue weighted by molar-refractivity contribution is 6.14. The zero-order chi connectivity index (χ0) is 26.7. The Morgan fingerprint density at radius 1 is 0.816 bits per heavy atom. The normalized spacial score (nSPS) is 25.7. The Hall–Kier alpha value is -3.81. The smallest absolute Gasteiger partial charge is 0.339 e. The van der Waals surface area contributed by atoms with E-state index in [-0.39, 0.29) is 24.7 Å². The van der Waals surface area contributed by atoms with Gasteiger partial charge in [-0.15, -0.1) is 0 Å². The minimum atomic E-state index is -1.82. The minimum Gasteiger partial charge on any atom is -0.493 e. The fourth-order valence-corrected chi connectivity index (χ4v) is 4.94. The van der Waals surface area contributed by atoms with Gasteiger partial charge in [-0.3, -0.25) is 0 Å². The summed E-state index contributed by atoms with van der Waals surface area (Å²) < 4.78 is 38.7. The molecule has 6 rings (SSSR count). The predicted octanol–water partition coefficient (Wildman–Crippen LogP) is 1.06. The maximum atomic E-state index is 13.1. The molecule has 200 valence electrons. The van der Waals surface area contributed by atoms with E-state index in [0.29, 0.717) is 50.5 Å². The van der Waals surface area contributed by atoms with Crippen LogP contribution >= 0.6 is 0 Å². The van der Waals surface area contributed by atoms with Gasteiger partial charge in [-0.1, -0.05) is 6.07 Å². The molecule has 3 heterocycles. The van der Waals surface area contributed by atoms with E-state index in [4.69, 9.17) is 33.2 Å². The first kappa shape index (κ1) is 24.5. The number of esters is 1. The fourth-order valence-electron chi connectivity index (χ4n) is 4.94. The molecule has 4 N–H and O–H groups in total. The number of hydrogen-bond acceptors (Lipinski definition) is 12. The second kappa shape index (κ2) is 9.19. The third-order valence-corrected chi connectivity index (χ3v) is 6.85. The summed E-state index contributed by atoms with van der Waals surface area (Å²) in [5.41, 5.74) is 1.72. The van der Waals surface area contributed by atoms with Crippen molar-refractivity contribution in [2.75, 3.05) is 21.0 Å². The molecule has 0 unspecified atom stereocenters. The molecule has 5 atom stereocenters. The van der Waals surface area contributed by atoms with Gasteiger partial charge in [0.2, 0.25) is 13.1 Å². The van der Waals surface area contributed by atoms with Gasteiger partial charge in [-0.2, -0.15) is 0 Å². The number of benzene rings is 3. The number of carbonyl (C=O) groups excluding carboxylic acids is 1. The van der Waals surface area contributed by atoms with E-state index in [1.165, 1.54) is 14.2 Å². The number of cyclic esters (lactones) is 1. The van der Waals surface area contributed by atoms with Crippen LogP contribution in [0.25, 0.3) is 21.9 Å². The summed E-state index contributed by atoms with van der Waals surface area (Å²) in [6.45, 7) is -0.0739. The van der Waals surface area contributed by atoms with Crippen molar-refractivity contribution in [1.29, 1.82) is 0 Å². The lowest BCUT2D eigenvalue weighted by atomic mass is 9.89. The number of ether oxygens (including phenoxy) is 7. The Morgan fingerprint density at radius 3 is 2.26 bits per heavy atom. The van der Waals surface area contributed by atoms with E-state index < -0.39 is 36.9 Å². The van der Waals surface area contributed by atoms with Crippen molar-refractivity contribution >= 4 is 16.7 Å². The number of rotatable bonds is 5. The highest BCUT2D eigenvalue weighted by atomic mass is 16.7. The molecule has 38 heavy (non-hydrogen) atoms. The molecule has 0 radical (unpaired) electrons. The van der Waals surface area contributed by atoms with Crippen LogP contribution in [0.15, 0.2) is 30.3 Å². The number of carbonyl (C=O) groups is 1. The fraction of sp³-hybridized carbons (Fsp3) is 0.346. The van der Waals surface area contributed by atoms with Gasteiger partial charge in [0.25, 0.3) is 0 Å². The lowest BCUT2D eigenvalue weighted by Crippen LogP contribution is -2.59. The van der Waals surface area contributed by atoms with Crippen molar-refractivity contribution in [3.05, 3.63) is 41.5 Å². The van der Waals surface area contributed by atoms with Crippen molar-refractivity contribution in [2.45, 2.75) is 37.5 Å². The van der Waals surface area contributed by atoms with E-state index in [1.54, 1.807) is 30.3 Å². The lowest BCUT2D eigenvalue weighted by molar-refractivity contribution is -0.321. The first-order valence-corrected chi connectivity index (χ1v) is 11.7. The molecule has 3 aromatic rings. The monoisotopic (exact) mass is 528 g/mol. The van der Waals surface area contributed by atoms with E-state index in [2.05, 4.69) is 0 Å². The molecule has 3 aromatic carbocycles. The molecular weight excluding hydrogens is 504 g/mol. The second-order valence-corrected chi connectivity index (χ2v) is 8.94. The topological polar surface area (TPSA) is 163 Å². The molecule has 0 aliphatic carbocycles. The third kappa shape index (κ3) is 3.68. The summed E-state index contributed by atoms with van der Waals surface area (Å²) in [6, 6.07) is 8.59. The van der Waals surface area contributed by atoms with Crippen molar-refractivity contribution in [1.82, 2.24) is 0 Å². The third-order valence-electron chi connectivity index (χ3n) is 6.85. The van der Waals surface area contributed by atoms with Gasteiger partial charge in [-0.25, -0.2) is 4.79 Å². The Morgan fingerprint density at radius 2 is 1.53 bits per heavy atom. The largest absolute Gasteiger partial charge is 0.493 e. The van der Waals surface area contributed by atoms with Crippen LogP contribution in [-0.4, -0.2) is 78.3 Å². The Balaban J connectivity index is 1.61. The molecule has 0 aromatic heterocycles. The highest BCUT2D eigenvalue weighted by Gasteiger charge is 2.45. The molecule has 3 aliphatic rings.